The van der Waals surface area contributed by atoms with Crippen molar-refractivity contribution in [3.05, 3.63) is 53.2 Å². The van der Waals surface area contributed by atoms with Crippen LogP contribution in [0.4, 0.5) is 10.1 Å². The number of benzene rings is 1. The van der Waals surface area contributed by atoms with E-state index in [1.807, 2.05) is 0 Å². The first-order valence-electron chi connectivity index (χ1n) is 7.47. The highest BCUT2D eigenvalue weighted by Crippen LogP contribution is 2.23. The molecule has 1 aromatic heterocycles. The predicted molar refractivity (Wildman–Crippen MR) is 85.8 cm³/mol. The summed E-state index contributed by atoms with van der Waals surface area (Å²) < 4.78 is 18.7. The first-order chi connectivity index (χ1) is 11.4. The van der Waals surface area contributed by atoms with Crippen molar-refractivity contribution in [1.29, 1.82) is 0 Å². The highest BCUT2D eigenvalue weighted by atomic mass is 19.1. The number of carbonyl (C=O) groups excluding carboxylic acids is 2. The molecule has 2 amide bonds. The Morgan fingerprint density at radius 1 is 1.25 bits per heavy atom. The number of halogens is 1. The number of hydrogen-bond acceptors (Lipinski definition) is 4. The molecule has 0 aliphatic carbocycles. The Kier molecular flexibility index (Phi) is 5.70. The number of hydrogen-bond donors (Lipinski definition) is 3. The Bertz CT molecular complexity index is 742. The van der Waals surface area contributed by atoms with Crippen molar-refractivity contribution in [2.45, 2.75) is 26.4 Å². The lowest BCUT2D eigenvalue weighted by Gasteiger charge is -2.11. The molecule has 0 saturated heterocycles. The lowest BCUT2D eigenvalue weighted by atomic mass is 10.1. The standard InChI is InChI=1S/C17H19FN2O4/c1-10-9-12(11(2)24-10)15(21)7-8-19-16(22)17(23)20-14-6-4-3-5-13(14)18/h3-6,9,15,21H,7-8H2,1-2H3,(H,19,22)(H,20,23). The van der Waals surface area contributed by atoms with Crippen LogP contribution in [0, 0.1) is 19.7 Å². The smallest absolute Gasteiger partial charge is 0.313 e. The Balaban J connectivity index is 1.81. The van der Waals surface area contributed by atoms with E-state index in [2.05, 4.69) is 10.6 Å². The lowest BCUT2D eigenvalue weighted by Crippen LogP contribution is -2.36. The number of furan rings is 1. The number of para-hydroxylation sites is 1. The first-order valence-corrected chi connectivity index (χ1v) is 7.47. The van der Waals surface area contributed by atoms with Gasteiger partial charge in [0, 0.05) is 12.1 Å². The molecule has 24 heavy (non-hydrogen) atoms. The number of aliphatic hydroxyl groups is 1. The fraction of sp³-hybridized carbons (Fsp3) is 0.294. The van der Waals surface area contributed by atoms with E-state index < -0.39 is 23.7 Å². The van der Waals surface area contributed by atoms with Crippen molar-refractivity contribution in [2.75, 3.05) is 11.9 Å². The van der Waals surface area contributed by atoms with Crippen molar-refractivity contribution in [1.82, 2.24) is 5.32 Å². The van der Waals surface area contributed by atoms with Crippen molar-refractivity contribution >= 4 is 17.5 Å². The zero-order chi connectivity index (χ0) is 17.7. The third-order valence-corrected chi connectivity index (χ3v) is 3.47. The third kappa shape index (κ3) is 4.42. The Hall–Kier alpha value is -2.67. The molecule has 0 aliphatic rings. The molecule has 1 aromatic carbocycles. The van der Waals surface area contributed by atoms with Gasteiger partial charge < -0.3 is 20.2 Å². The lowest BCUT2D eigenvalue weighted by molar-refractivity contribution is -0.136. The second-order valence-corrected chi connectivity index (χ2v) is 5.36. The number of anilines is 1. The van der Waals surface area contributed by atoms with Crippen LogP contribution >= 0.6 is 0 Å². The van der Waals surface area contributed by atoms with Gasteiger partial charge in [-0.25, -0.2) is 4.39 Å². The number of aryl methyl sites for hydroxylation is 2. The summed E-state index contributed by atoms with van der Waals surface area (Å²) in [7, 11) is 0. The predicted octanol–water partition coefficient (Wildman–Crippen LogP) is 2.21. The van der Waals surface area contributed by atoms with Gasteiger partial charge in [0.15, 0.2) is 0 Å². The van der Waals surface area contributed by atoms with Gasteiger partial charge in [0.25, 0.3) is 0 Å². The molecule has 0 aliphatic heterocycles. The van der Waals surface area contributed by atoms with Gasteiger partial charge >= 0.3 is 11.8 Å². The molecular formula is C17H19FN2O4. The Morgan fingerprint density at radius 3 is 2.58 bits per heavy atom. The molecule has 1 atom stereocenters. The van der Waals surface area contributed by atoms with Crippen LogP contribution in [0.5, 0.6) is 0 Å². The molecule has 1 heterocycles. The summed E-state index contributed by atoms with van der Waals surface area (Å²) in [4.78, 5) is 23.4. The van der Waals surface area contributed by atoms with Crippen LogP contribution in [0.15, 0.2) is 34.7 Å². The monoisotopic (exact) mass is 334 g/mol. The van der Waals surface area contributed by atoms with Crippen molar-refractivity contribution in [3.63, 3.8) is 0 Å². The van der Waals surface area contributed by atoms with E-state index in [4.69, 9.17) is 4.42 Å². The van der Waals surface area contributed by atoms with E-state index in [0.717, 1.165) is 0 Å². The zero-order valence-electron chi connectivity index (χ0n) is 13.4. The maximum Gasteiger partial charge on any atom is 0.313 e. The fourth-order valence-electron chi connectivity index (χ4n) is 2.28. The van der Waals surface area contributed by atoms with E-state index in [0.29, 0.717) is 17.1 Å². The molecule has 0 saturated carbocycles. The summed E-state index contributed by atoms with van der Waals surface area (Å²) in [5.74, 6) is -1.19. The molecule has 2 rings (SSSR count). The average Bonchev–Trinajstić information content (AvgIpc) is 2.88. The number of rotatable bonds is 5. The molecule has 1 unspecified atom stereocenters. The molecule has 0 fully saturated rings. The van der Waals surface area contributed by atoms with Crippen LogP contribution in [-0.2, 0) is 9.59 Å². The van der Waals surface area contributed by atoms with Crippen molar-refractivity contribution in [2.24, 2.45) is 0 Å². The number of carbonyl (C=O) groups is 2. The van der Waals surface area contributed by atoms with Gasteiger partial charge in [-0.05, 0) is 38.5 Å². The van der Waals surface area contributed by atoms with E-state index in [1.165, 1.54) is 18.2 Å². The van der Waals surface area contributed by atoms with Gasteiger partial charge in [-0.15, -0.1) is 0 Å². The maximum absolute atomic E-state index is 13.4. The molecule has 0 spiro atoms. The van der Waals surface area contributed by atoms with Crippen LogP contribution in [0.25, 0.3) is 0 Å². The van der Waals surface area contributed by atoms with Crippen LogP contribution < -0.4 is 10.6 Å². The Labute approximate surface area is 138 Å². The van der Waals surface area contributed by atoms with Gasteiger partial charge in [-0.1, -0.05) is 12.1 Å². The van der Waals surface area contributed by atoms with Crippen LogP contribution in [-0.4, -0.2) is 23.5 Å². The minimum atomic E-state index is -0.968. The summed E-state index contributed by atoms with van der Waals surface area (Å²) in [6, 6.07) is 7.29. The zero-order valence-corrected chi connectivity index (χ0v) is 13.4. The first kappa shape index (κ1) is 17.7. The molecule has 3 N–H and O–H groups in total. The molecule has 2 aromatic rings. The van der Waals surface area contributed by atoms with Crippen LogP contribution in [0.2, 0.25) is 0 Å². The van der Waals surface area contributed by atoms with Gasteiger partial charge in [0.2, 0.25) is 0 Å². The largest absolute Gasteiger partial charge is 0.466 e. The van der Waals surface area contributed by atoms with Gasteiger partial charge in [-0.2, -0.15) is 0 Å². The summed E-state index contributed by atoms with van der Waals surface area (Å²) in [6.45, 7) is 3.61. The van der Waals surface area contributed by atoms with E-state index in [1.54, 1.807) is 26.0 Å². The molecular weight excluding hydrogens is 315 g/mol. The SMILES string of the molecule is Cc1cc(C(O)CCNC(=O)C(=O)Nc2ccccc2F)c(C)o1. The molecule has 7 heteroatoms. The number of amides is 2. The second kappa shape index (κ2) is 7.74. The van der Waals surface area contributed by atoms with E-state index in [9.17, 15) is 19.1 Å². The summed E-state index contributed by atoms with van der Waals surface area (Å²) >= 11 is 0. The normalized spacial score (nSPS) is 11.8. The number of aliphatic hydroxyl groups excluding tert-OH is 1. The minimum Gasteiger partial charge on any atom is -0.466 e. The van der Waals surface area contributed by atoms with Gasteiger partial charge in [0.05, 0.1) is 11.8 Å². The molecule has 0 bridgehead atoms. The summed E-state index contributed by atoms with van der Waals surface area (Å²) in [5, 5.41) is 14.7. The van der Waals surface area contributed by atoms with E-state index in [-0.39, 0.29) is 18.7 Å². The molecule has 6 nitrogen and oxygen atoms in total. The van der Waals surface area contributed by atoms with Crippen LogP contribution in [0.1, 0.15) is 29.6 Å². The minimum absolute atomic E-state index is 0.0674. The van der Waals surface area contributed by atoms with Gasteiger partial charge in [0.1, 0.15) is 17.3 Å². The maximum atomic E-state index is 13.4. The Morgan fingerprint density at radius 2 is 1.96 bits per heavy atom. The summed E-state index contributed by atoms with van der Waals surface area (Å²) in [6.07, 6.45) is -0.587. The highest BCUT2D eigenvalue weighted by Gasteiger charge is 2.17. The molecule has 128 valence electrons. The van der Waals surface area contributed by atoms with Crippen LogP contribution in [0.3, 0.4) is 0 Å². The molecule has 0 radical (unpaired) electrons. The fourth-order valence-corrected chi connectivity index (χ4v) is 2.28. The second-order valence-electron chi connectivity index (χ2n) is 5.36. The topological polar surface area (TPSA) is 91.6 Å². The average molecular weight is 334 g/mol. The highest BCUT2D eigenvalue weighted by molar-refractivity contribution is 6.39. The quantitative estimate of drug-likeness (QED) is 0.731. The van der Waals surface area contributed by atoms with Gasteiger partial charge in [-0.3, -0.25) is 9.59 Å². The number of nitrogens with one attached hydrogen (secondary N) is 2. The third-order valence-electron chi connectivity index (χ3n) is 3.47. The summed E-state index contributed by atoms with van der Waals surface area (Å²) in [5.41, 5.74) is 0.583. The van der Waals surface area contributed by atoms with Crippen molar-refractivity contribution in [3.8, 4) is 0 Å². The van der Waals surface area contributed by atoms with E-state index >= 15 is 0 Å². The van der Waals surface area contributed by atoms with Crippen molar-refractivity contribution < 1.29 is 23.5 Å².